The molecule has 1 aromatic carbocycles. The lowest BCUT2D eigenvalue weighted by molar-refractivity contribution is -0.160. The highest BCUT2D eigenvalue weighted by Gasteiger charge is 2.46. The molecule has 3 rings (SSSR count). The molecule has 0 radical (unpaired) electrons. The van der Waals surface area contributed by atoms with Gasteiger partial charge in [-0.3, -0.25) is 4.79 Å². The summed E-state index contributed by atoms with van der Waals surface area (Å²) < 4.78 is 5.69. The van der Waals surface area contributed by atoms with Crippen LogP contribution in [0.4, 0.5) is 4.79 Å². The predicted molar refractivity (Wildman–Crippen MR) is 86.7 cm³/mol. The average molecular weight is 333 g/mol. The summed E-state index contributed by atoms with van der Waals surface area (Å²) >= 11 is 0. The number of hydrogen-bond acceptors (Lipinski definition) is 4. The van der Waals surface area contributed by atoms with Crippen molar-refractivity contribution in [2.45, 2.75) is 56.2 Å². The topological polar surface area (TPSA) is 87.1 Å². The van der Waals surface area contributed by atoms with Gasteiger partial charge in [0.05, 0.1) is 6.61 Å². The SMILES string of the molecule is CC(CO)(C(=O)O[C@@H]1C[C@H]2CC[C@@H](C1)N2C(=O)O)c1ccccc1. The second kappa shape index (κ2) is 6.43. The summed E-state index contributed by atoms with van der Waals surface area (Å²) in [5.41, 5.74) is -0.395. The Kier molecular flexibility index (Phi) is 4.49. The first kappa shape index (κ1) is 16.8. The van der Waals surface area contributed by atoms with E-state index in [1.165, 1.54) is 4.90 Å². The highest BCUT2D eigenvalue weighted by molar-refractivity contribution is 5.83. The number of nitrogens with zero attached hydrogens (tertiary/aromatic N) is 1. The number of rotatable bonds is 4. The quantitative estimate of drug-likeness (QED) is 0.825. The minimum absolute atomic E-state index is 0.0730. The number of carboxylic acid groups (broad SMARTS) is 1. The van der Waals surface area contributed by atoms with E-state index in [0.717, 1.165) is 12.8 Å². The van der Waals surface area contributed by atoms with Crippen LogP contribution < -0.4 is 0 Å². The molecule has 1 aromatic rings. The largest absolute Gasteiger partial charge is 0.465 e. The third-order valence-corrected chi connectivity index (χ3v) is 5.36. The van der Waals surface area contributed by atoms with Gasteiger partial charge < -0.3 is 19.8 Å². The standard InChI is InChI=1S/C18H23NO5/c1-18(11-20,12-5-3-2-4-6-12)16(21)24-15-9-13-7-8-14(10-15)19(13)17(22)23/h2-6,13-15,20H,7-11H2,1H3,(H,22,23)/t13-,14+,15-,18?. The van der Waals surface area contributed by atoms with Crippen molar-refractivity contribution in [3.8, 4) is 0 Å². The summed E-state index contributed by atoms with van der Waals surface area (Å²) in [4.78, 5) is 25.5. The highest BCUT2D eigenvalue weighted by Crippen LogP contribution is 2.38. The molecule has 2 aliphatic rings. The Morgan fingerprint density at radius 2 is 1.79 bits per heavy atom. The zero-order valence-electron chi connectivity index (χ0n) is 13.7. The lowest BCUT2D eigenvalue weighted by atomic mass is 9.83. The van der Waals surface area contributed by atoms with Crippen molar-refractivity contribution < 1.29 is 24.5 Å². The van der Waals surface area contributed by atoms with Crippen LogP contribution in [0.1, 0.15) is 38.2 Å². The Morgan fingerprint density at radius 3 is 2.29 bits per heavy atom. The molecule has 130 valence electrons. The van der Waals surface area contributed by atoms with Gasteiger partial charge in [0.2, 0.25) is 0 Å². The molecule has 2 N–H and O–H groups in total. The Balaban J connectivity index is 1.70. The van der Waals surface area contributed by atoms with Crippen molar-refractivity contribution in [3.05, 3.63) is 35.9 Å². The molecule has 2 saturated heterocycles. The Morgan fingerprint density at radius 1 is 1.21 bits per heavy atom. The van der Waals surface area contributed by atoms with Crippen LogP contribution in [0.25, 0.3) is 0 Å². The van der Waals surface area contributed by atoms with E-state index in [2.05, 4.69) is 0 Å². The molecular weight excluding hydrogens is 310 g/mol. The first-order chi connectivity index (χ1) is 11.5. The zero-order chi connectivity index (χ0) is 17.3. The first-order valence-corrected chi connectivity index (χ1v) is 8.34. The zero-order valence-corrected chi connectivity index (χ0v) is 13.7. The van der Waals surface area contributed by atoms with E-state index in [0.29, 0.717) is 18.4 Å². The van der Waals surface area contributed by atoms with Gasteiger partial charge in [-0.2, -0.15) is 0 Å². The maximum Gasteiger partial charge on any atom is 0.407 e. The molecule has 2 bridgehead atoms. The molecule has 0 saturated carbocycles. The Hall–Kier alpha value is -2.08. The summed E-state index contributed by atoms with van der Waals surface area (Å²) in [6.07, 6.45) is 1.52. The van der Waals surface area contributed by atoms with E-state index < -0.39 is 17.5 Å². The molecule has 4 atom stereocenters. The van der Waals surface area contributed by atoms with Crippen LogP contribution in [-0.2, 0) is 14.9 Å². The minimum atomic E-state index is -1.11. The van der Waals surface area contributed by atoms with Crippen LogP contribution >= 0.6 is 0 Å². The van der Waals surface area contributed by atoms with E-state index >= 15 is 0 Å². The highest BCUT2D eigenvalue weighted by atomic mass is 16.5. The van der Waals surface area contributed by atoms with Crippen LogP contribution in [-0.4, -0.2) is 52.0 Å². The van der Waals surface area contributed by atoms with Gasteiger partial charge in [-0.1, -0.05) is 30.3 Å². The van der Waals surface area contributed by atoms with Crippen LogP contribution in [0.3, 0.4) is 0 Å². The van der Waals surface area contributed by atoms with Crippen molar-refractivity contribution in [2.75, 3.05) is 6.61 Å². The van der Waals surface area contributed by atoms with Gasteiger partial charge in [-0.05, 0) is 25.3 Å². The minimum Gasteiger partial charge on any atom is -0.465 e. The second-order valence-corrected chi connectivity index (χ2v) is 6.93. The first-order valence-electron chi connectivity index (χ1n) is 8.34. The summed E-state index contributed by atoms with van der Waals surface area (Å²) in [6, 6.07) is 8.95. The number of carbonyl (C=O) groups excluding carboxylic acids is 1. The summed E-state index contributed by atoms with van der Waals surface area (Å²) in [5.74, 6) is -0.454. The molecular formula is C18H23NO5. The molecule has 2 heterocycles. The lowest BCUT2D eigenvalue weighted by Crippen LogP contribution is -2.49. The molecule has 0 aliphatic carbocycles. The number of aliphatic hydroxyl groups excluding tert-OH is 1. The smallest absolute Gasteiger partial charge is 0.407 e. The summed E-state index contributed by atoms with van der Waals surface area (Å²) in [7, 11) is 0. The third kappa shape index (κ3) is 2.86. The van der Waals surface area contributed by atoms with Gasteiger partial charge in [0, 0.05) is 24.9 Å². The number of hydrogen-bond donors (Lipinski definition) is 2. The molecule has 24 heavy (non-hydrogen) atoms. The number of esters is 1. The van der Waals surface area contributed by atoms with Gasteiger partial charge in [-0.25, -0.2) is 4.79 Å². The monoisotopic (exact) mass is 333 g/mol. The van der Waals surface area contributed by atoms with E-state index in [9.17, 15) is 19.8 Å². The van der Waals surface area contributed by atoms with Gasteiger partial charge in [-0.15, -0.1) is 0 Å². The number of piperidine rings is 1. The Labute approximate surface area is 141 Å². The van der Waals surface area contributed by atoms with Gasteiger partial charge in [0.15, 0.2) is 0 Å². The maximum absolute atomic E-state index is 12.7. The van der Waals surface area contributed by atoms with E-state index in [4.69, 9.17) is 4.74 Å². The number of amides is 1. The fraction of sp³-hybridized carbons (Fsp3) is 0.556. The van der Waals surface area contributed by atoms with Crippen LogP contribution in [0, 0.1) is 0 Å². The number of ether oxygens (including phenoxy) is 1. The molecule has 1 unspecified atom stereocenters. The lowest BCUT2D eigenvalue weighted by Gasteiger charge is -2.38. The number of fused-ring (bicyclic) bond motifs is 2. The number of aliphatic hydroxyl groups is 1. The van der Waals surface area contributed by atoms with Crippen LogP contribution in [0.5, 0.6) is 0 Å². The van der Waals surface area contributed by atoms with Crippen molar-refractivity contribution in [1.82, 2.24) is 4.90 Å². The average Bonchev–Trinajstić information content (AvgIpc) is 2.86. The van der Waals surface area contributed by atoms with Crippen molar-refractivity contribution in [3.63, 3.8) is 0 Å². The molecule has 2 fully saturated rings. The number of carbonyl (C=O) groups is 2. The predicted octanol–water partition coefficient (Wildman–Crippen LogP) is 2.15. The second-order valence-electron chi connectivity index (χ2n) is 6.93. The van der Waals surface area contributed by atoms with Crippen LogP contribution in [0.15, 0.2) is 30.3 Å². The summed E-state index contributed by atoms with van der Waals surface area (Å²) in [5, 5.41) is 19.1. The van der Waals surface area contributed by atoms with Crippen molar-refractivity contribution >= 4 is 12.1 Å². The van der Waals surface area contributed by atoms with E-state index in [-0.39, 0.29) is 24.8 Å². The van der Waals surface area contributed by atoms with Crippen LogP contribution in [0.2, 0.25) is 0 Å². The molecule has 6 nitrogen and oxygen atoms in total. The maximum atomic E-state index is 12.7. The number of benzene rings is 1. The van der Waals surface area contributed by atoms with Gasteiger partial charge in [0.1, 0.15) is 11.5 Å². The van der Waals surface area contributed by atoms with Gasteiger partial charge >= 0.3 is 12.1 Å². The normalized spacial score (nSPS) is 28.2. The third-order valence-electron chi connectivity index (χ3n) is 5.36. The molecule has 6 heteroatoms. The van der Waals surface area contributed by atoms with Gasteiger partial charge in [0.25, 0.3) is 0 Å². The molecule has 2 aliphatic heterocycles. The van der Waals surface area contributed by atoms with Crippen molar-refractivity contribution in [1.29, 1.82) is 0 Å². The van der Waals surface area contributed by atoms with E-state index in [1.54, 1.807) is 19.1 Å². The molecule has 0 spiro atoms. The van der Waals surface area contributed by atoms with E-state index in [1.807, 2.05) is 18.2 Å². The fourth-order valence-electron chi connectivity index (χ4n) is 3.90. The Bertz CT molecular complexity index is 605. The fourth-order valence-corrected chi connectivity index (χ4v) is 3.90. The van der Waals surface area contributed by atoms with Crippen molar-refractivity contribution in [2.24, 2.45) is 0 Å². The molecule has 1 amide bonds. The summed E-state index contributed by atoms with van der Waals surface area (Å²) in [6.45, 7) is 1.34. The molecule has 0 aromatic heterocycles.